The lowest BCUT2D eigenvalue weighted by Crippen LogP contribution is -2.51. The summed E-state index contributed by atoms with van der Waals surface area (Å²) in [5, 5.41) is 16.3. The number of alkyl halides is 1. The zero-order valence-corrected chi connectivity index (χ0v) is 23.7. The molecule has 4 aromatic rings. The van der Waals surface area contributed by atoms with Gasteiger partial charge in [0, 0.05) is 60.3 Å². The number of nitrogens with one attached hydrogen (secondary N) is 1. The summed E-state index contributed by atoms with van der Waals surface area (Å²) in [5.74, 6) is -0.0788. The van der Waals surface area contributed by atoms with E-state index in [9.17, 15) is 9.50 Å². The fourth-order valence-electron chi connectivity index (χ4n) is 7.69. The van der Waals surface area contributed by atoms with Gasteiger partial charge in [0.2, 0.25) is 0 Å². The first kappa shape index (κ1) is 26.3. The van der Waals surface area contributed by atoms with Crippen LogP contribution in [0.5, 0.6) is 11.8 Å². The Morgan fingerprint density at radius 1 is 1.14 bits per heavy atom. The lowest BCUT2D eigenvalue weighted by atomic mass is 9.95. The van der Waals surface area contributed by atoms with Gasteiger partial charge in [0.15, 0.2) is 5.82 Å². The zero-order valence-electron chi connectivity index (χ0n) is 23.0. The van der Waals surface area contributed by atoms with Gasteiger partial charge in [0.05, 0.1) is 10.9 Å². The molecule has 0 spiro atoms. The molecule has 2 aromatic carbocycles. The molecule has 4 saturated heterocycles. The van der Waals surface area contributed by atoms with Crippen LogP contribution in [-0.2, 0) is 0 Å². The standard InChI is InChI=1S/C31H31ClF2N6O2/c32-24-4-1-3-17-9-21(41)10-22(25(17)24)27-26(34)28-23(12-35-27)29(39-14-19-5-6-20(15-39)36-19)38-30(37-28)42-16-31-7-2-8-40(31)13-18(33)11-31/h1,3-4,9-10,12,18-20,36,41H,2,5-8,11,13-16H2/t18-,19?,20?,31?/m1/s1. The van der Waals surface area contributed by atoms with Crippen molar-refractivity contribution in [3.8, 4) is 23.0 Å². The Morgan fingerprint density at radius 2 is 1.98 bits per heavy atom. The number of aromatic nitrogens is 3. The summed E-state index contributed by atoms with van der Waals surface area (Å²) in [6, 6.07) is 9.12. The number of piperazine rings is 1. The van der Waals surface area contributed by atoms with Crippen LogP contribution in [0.3, 0.4) is 0 Å². The lowest BCUT2D eigenvalue weighted by Gasteiger charge is -2.34. The highest BCUT2D eigenvalue weighted by Crippen LogP contribution is 2.42. The van der Waals surface area contributed by atoms with Crippen LogP contribution < -0.4 is 15.0 Å². The normalized spacial score (nSPS) is 27.3. The maximum Gasteiger partial charge on any atom is 0.319 e. The van der Waals surface area contributed by atoms with Gasteiger partial charge in [-0.1, -0.05) is 23.7 Å². The SMILES string of the molecule is Oc1cc(-c2ncc3c(N4CC5CCC(C4)N5)nc(OCC45CCCN4C[C@H](F)C5)nc3c2F)c2c(Cl)cccc2c1. The number of fused-ring (bicyclic) bond motifs is 5. The minimum absolute atomic E-state index is 0.0205. The molecular weight excluding hydrogens is 562 g/mol. The second-order valence-corrected chi connectivity index (χ2v) is 12.7. The van der Waals surface area contributed by atoms with E-state index in [0.29, 0.717) is 57.6 Å². The summed E-state index contributed by atoms with van der Waals surface area (Å²) in [4.78, 5) is 18.3. The summed E-state index contributed by atoms with van der Waals surface area (Å²) in [6.45, 7) is 2.98. The maximum atomic E-state index is 16.6. The Kier molecular flexibility index (Phi) is 6.17. The third-order valence-electron chi connectivity index (χ3n) is 9.56. The van der Waals surface area contributed by atoms with Crippen molar-refractivity contribution < 1.29 is 18.6 Å². The molecule has 3 unspecified atom stereocenters. The number of hydrogen-bond acceptors (Lipinski definition) is 8. The monoisotopic (exact) mass is 592 g/mol. The van der Waals surface area contributed by atoms with Crippen molar-refractivity contribution in [2.45, 2.75) is 55.9 Å². The average Bonchev–Trinajstić information content (AvgIpc) is 3.61. The van der Waals surface area contributed by atoms with E-state index >= 15 is 4.39 Å². The van der Waals surface area contributed by atoms with Gasteiger partial charge in [-0.3, -0.25) is 9.88 Å². The topological polar surface area (TPSA) is 86.6 Å². The van der Waals surface area contributed by atoms with Crippen LogP contribution in [0.2, 0.25) is 5.02 Å². The molecule has 2 N–H and O–H groups in total. The highest BCUT2D eigenvalue weighted by atomic mass is 35.5. The van der Waals surface area contributed by atoms with Gasteiger partial charge < -0.3 is 20.1 Å². The van der Waals surface area contributed by atoms with Gasteiger partial charge in [-0.05, 0) is 55.8 Å². The van der Waals surface area contributed by atoms with Gasteiger partial charge >= 0.3 is 6.01 Å². The van der Waals surface area contributed by atoms with Crippen molar-refractivity contribution in [2.75, 3.05) is 37.7 Å². The van der Waals surface area contributed by atoms with Crippen molar-refractivity contribution in [2.24, 2.45) is 0 Å². The van der Waals surface area contributed by atoms with Crippen LogP contribution in [-0.4, -0.2) is 81.5 Å². The number of benzene rings is 2. The van der Waals surface area contributed by atoms with Crippen molar-refractivity contribution in [3.63, 3.8) is 0 Å². The Bertz CT molecular complexity index is 1710. The van der Waals surface area contributed by atoms with E-state index in [1.165, 1.54) is 6.07 Å². The molecule has 8 nitrogen and oxygen atoms in total. The van der Waals surface area contributed by atoms with E-state index in [0.717, 1.165) is 45.3 Å². The largest absolute Gasteiger partial charge is 0.508 e. The van der Waals surface area contributed by atoms with Gasteiger partial charge in [-0.25, -0.2) is 8.78 Å². The van der Waals surface area contributed by atoms with E-state index in [2.05, 4.69) is 25.1 Å². The molecule has 0 aliphatic carbocycles. The molecule has 8 rings (SSSR count). The number of phenols is 1. The fourth-order valence-corrected chi connectivity index (χ4v) is 7.97. The number of rotatable bonds is 5. The summed E-state index contributed by atoms with van der Waals surface area (Å²) in [7, 11) is 0. The number of anilines is 1. The number of aromatic hydroxyl groups is 1. The molecule has 2 bridgehead atoms. The second-order valence-electron chi connectivity index (χ2n) is 12.3. The van der Waals surface area contributed by atoms with Crippen molar-refractivity contribution >= 4 is 39.1 Å². The van der Waals surface area contributed by atoms with Crippen molar-refractivity contribution in [1.82, 2.24) is 25.2 Å². The van der Waals surface area contributed by atoms with Gasteiger partial charge in [0.1, 0.15) is 35.6 Å². The molecule has 2 aromatic heterocycles. The smallest absolute Gasteiger partial charge is 0.319 e. The summed E-state index contributed by atoms with van der Waals surface area (Å²) in [5.41, 5.74) is 0.109. The molecule has 4 aliphatic heterocycles. The van der Waals surface area contributed by atoms with Crippen LogP contribution in [0.1, 0.15) is 32.1 Å². The zero-order chi connectivity index (χ0) is 28.6. The minimum atomic E-state index is -0.881. The summed E-state index contributed by atoms with van der Waals surface area (Å²) in [6.07, 6.45) is 5.15. The van der Waals surface area contributed by atoms with E-state index in [1.54, 1.807) is 24.4 Å². The third kappa shape index (κ3) is 4.26. The van der Waals surface area contributed by atoms with E-state index in [4.69, 9.17) is 21.3 Å². The number of nitrogens with zero attached hydrogens (tertiary/aromatic N) is 5. The second kappa shape index (κ2) is 9.86. The van der Waals surface area contributed by atoms with Crippen LogP contribution in [0.15, 0.2) is 36.5 Å². The predicted molar refractivity (Wildman–Crippen MR) is 158 cm³/mol. The molecule has 11 heteroatoms. The van der Waals surface area contributed by atoms with E-state index in [1.807, 2.05) is 6.07 Å². The summed E-state index contributed by atoms with van der Waals surface area (Å²) < 4.78 is 37.3. The number of pyridine rings is 1. The first-order valence-electron chi connectivity index (χ1n) is 14.7. The molecule has 4 aliphatic rings. The molecule has 218 valence electrons. The average molecular weight is 593 g/mol. The molecule has 0 radical (unpaired) electrons. The van der Waals surface area contributed by atoms with Crippen molar-refractivity contribution in [3.05, 3.63) is 47.4 Å². The molecule has 0 amide bonds. The Hall–Kier alpha value is -3.34. The van der Waals surface area contributed by atoms with Gasteiger partial charge in [-0.15, -0.1) is 0 Å². The van der Waals surface area contributed by atoms with Crippen LogP contribution in [0.25, 0.3) is 32.9 Å². The Labute approximate surface area is 246 Å². The van der Waals surface area contributed by atoms with E-state index in [-0.39, 0.29) is 35.1 Å². The number of halogens is 3. The Balaban J connectivity index is 1.26. The highest BCUT2D eigenvalue weighted by Gasteiger charge is 2.49. The fraction of sp³-hybridized carbons (Fsp3) is 0.452. The lowest BCUT2D eigenvalue weighted by molar-refractivity contribution is 0.107. The number of ether oxygens (including phenoxy) is 1. The minimum Gasteiger partial charge on any atom is -0.508 e. The third-order valence-corrected chi connectivity index (χ3v) is 9.87. The first-order chi connectivity index (χ1) is 20.4. The predicted octanol–water partition coefficient (Wildman–Crippen LogP) is 5.24. The van der Waals surface area contributed by atoms with Crippen LogP contribution in [0, 0.1) is 5.82 Å². The molecule has 6 heterocycles. The molecular formula is C31H31ClF2N6O2. The van der Waals surface area contributed by atoms with Gasteiger partial charge in [-0.2, -0.15) is 9.97 Å². The number of hydrogen-bond donors (Lipinski definition) is 2. The quantitative estimate of drug-likeness (QED) is 0.325. The Morgan fingerprint density at radius 3 is 2.81 bits per heavy atom. The molecule has 4 atom stereocenters. The first-order valence-corrected chi connectivity index (χ1v) is 15.1. The van der Waals surface area contributed by atoms with Gasteiger partial charge in [0.25, 0.3) is 0 Å². The van der Waals surface area contributed by atoms with Crippen LogP contribution >= 0.6 is 11.6 Å². The molecule has 4 fully saturated rings. The highest BCUT2D eigenvalue weighted by molar-refractivity contribution is 6.36. The summed E-state index contributed by atoms with van der Waals surface area (Å²) >= 11 is 6.56. The molecule has 42 heavy (non-hydrogen) atoms. The molecule has 0 saturated carbocycles. The maximum absolute atomic E-state index is 16.6. The number of phenolic OH excluding ortho intramolecular Hbond substituents is 1. The van der Waals surface area contributed by atoms with Crippen molar-refractivity contribution in [1.29, 1.82) is 0 Å². The van der Waals surface area contributed by atoms with Crippen LogP contribution in [0.4, 0.5) is 14.6 Å². The van der Waals surface area contributed by atoms with E-state index < -0.39 is 12.0 Å².